The Hall–Kier alpha value is -1.29. The summed E-state index contributed by atoms with van der Waals surface area (Å²) in [7, 11) is 3.55. The van der Waals surface area contributed by atoms with Crippen molar-refractivity contribution in [3.63, 3.8) is 0 Å². The van der Waals surface area contributed by atoms with Crippen LogP contribution in [-0.2, 0) is 16.4 Å². The SMILES string of the molecule is [C-]#[N+]c1ccc(B2OCCN(C)CCO2)n1C. The first kappa shape index (κ1) is 12.2. The van der Waals surface area contributed by atoms with Crippen LogP contribution in [0.3, 0.4) is 0 Å². The number of rotatable bonds is 1. The van der Waals surface area contributed by atoms with Crippen molar-refractivity contribution in [1.82, 2.24) is 9.47 Å². The highest BCUT2D eigenvalue weighted by Crippen LogP contribution is 2.10. The van der Waals surface area contributed by atoms with E-state index in [2.05, 4.69) is 9.74 Å². The summed E-state index contributed by atoms with van der Waals surface area (Å²) in [4.78, 5) is 5.61. The highest BCUT2D eigenvalue weighted by Gasteiger charge is 2.29. The zero-order chi connectivity index (χ0) is 12.3. The van der Waals surface area contributed by atoms with Crippen molar-refractivity contribution in [1.29, 1.82) is 0 Å². The van der Waals surface area contributed by atoms with Gasteiger partial charge in [-0.15, -0.1) is 0 Å². The van der Waals surface area contributed by atoms with Crippen molar-refractivity contribution >= 4 is 18.5 Å². The van der Waals surface area contributed by atoms with Crippen LogP contribution in [0.25, 0.3) is 4.85 Å². The second-order valence-electron chi connectivity index (χ2n) is 4.16. The molecule has 2 rings (SSSR count). The highest BCUT2D eigenvalue weighted by atomic mass is 16.6. The van der Waals surface area contributed by atoms with Crippen molar-refractivity contribution < 1.29 is 9.31 Å². The second-order valence-corrected chi connectivity index (χ2v) is 4.16. The van der Waals surface area contributed by atoms with Crippen LogP contribution in [0.1, 0.15) is 0 Å². The van der Waals surface area contributed by atoms with E-state index in [0.717, 1.165) is 18.7 Å². The predicted molar refractivity (Wildman–Crippen MR) is 66.5 cm³/mol. The molecular weight excluding hydrogens is 217 g/mol. The van der Waals surface area contributed by atoms with Gasteiger partial charge in [0.15, 0.2) is 0 Å². The van der Waals surface area contributed by atoms with Gasteiger partial charge in [-0.3, -0.25) is 0 Å². The van der Waals surface area contributed by atoms with E-state index in [1.165, 1.54) is 0 Å². The highest BCUT2D eigenvalue weighted by molar-refractivity contribution is 6.60. The number of hydrogen-bond acceptors (Lipinski definition) is 3. The van der Waals surface area contributed by atoms with Crippen LogP contribution in [0.5, 0.6) is 0 Å². The molecule has 90 valence electrons. The molecule has 17 heavy (non-hydrogen) atoms. The van der Waals surface area contributed by atoms with Crippen LogP contribution in [-0.4, -0.2) is 49.9 Å². The van der Waals surface area contributed by atoms with E-state index in [4.69, 9.17) is 15.9 Å². The van der Waals surface area contributed by atoms with Crippen LogP contribution < -0.4 is 5.59 Å². The zero-order valence-corrected chi connectivity index (χ0v) is 10.2. The van der Waals surface area contributed by atoms with E-state index < -0.39 is 0 Å². The van der Waals surface area contributed by atoms with Crippen molar-refractivity contribution in [3.05, 3.63) is 23.5 Å². The summed E-state index contributed by atoms with van der Waals surface area (Å²) in [6, 6.07) is 3.68. The Bertz CT molecular complexity index is 417. The van der Waals surface area contributed by atoms with E-state index in [0.29, 0.717) is 19.0 Å². The van der Waals surface area contributed by atoms with Gasteiger partial charge in [-0.25, -0.2) is 0 Å². The first-order valence-electron chi connectivity index (χ1n) is 5.67. The van der Waals surface area contributed by atoms with Gasteiger partial charge in [-0.2, -0.15) is 0 Å². The molecular formula is C11H16BN3O2. The lowest BCUT2D eigenvalue weighted by molar-refractivity contribution is 0.131. The summed E-state index contributed by atoms with van der Waals surface area (Å²) >= 11 is 0. The molecule has 0 aliphatic carbocycles. The first-order valence-corrected chi connectivity index (χ1v) is 5.67. The van der Waals surface area contributed by atoms with Crippen molar-refractivity contribution in [2.75, 3.05) is 33.4 Å². The molecule has 2 heterocycles. The summed E-state index contributed by atoms with van der Waals surface area (Å²) in [5.41, 5.74) is 0.903. The fourth-order valence-corrected chi connectivity index (χ4v) is 1.83. The van der Waals surface area contributed by atoms with E-state index in [-0.39, 0.29) is 7.12 Å². The summed E-state index contributed by atoms with van der Waals surface area (Å²) in [6.07, 6.45) is 0. The fourth-order valence-electron chi connectivity index (χ4n) is 1.83. The summed E-state index contributed by atoms with van der Waals surface area (Å²) in [5.74, 6) is 0.603. The smallest absolute Gasteiger partial charge is 0.404 e. The molecule has 1 aliphatic heterocycles. The van der Waals surface area contributed by atoms with Gasteiger partial charge in [0.25, 0.3) is 0 Å². The predicted octanol–water partition coefficient (Wildman–Crippen LogP) is 0.250. The summed E-state index contributed by atoms with van der Waals surface area (Å²) < 4.78 is 13.2. The Kier molecular flexibility index (Phi) is 3.84. The van der Waals surface area contributed by atoms with Crippen LogP contribution in [0.15, 0.2) is 12.1 Å². The van der Waals surface area contributed by atoms with Crippen molar-refractivity contribution in [2.24, 2.45) is 7.05 Å². The molecule has 0 spiro atoms. The van der Waals surface area contributed by atoms with Crippen molar-refractivity contribution in [2.45, 2.75) is 0 Å². The molecule has 5 nitrogen and oxygen atoms in total. The minimum Gasteiger partial charge on any atom is -0.404 e. The van der Waals surface area contributed by atoms with E-state index >= 15 is 0 Å². The van der Waals surface area contributed by atoms with Gasteiger partial charge in [0.1, 0.15) is 5.59 Å². The molecule has 0 unspecified atom stereocenters. The van der Waals surface area contributed by atoms with E-state index in [1.54, 1.807) is 6.07 Å². The molecule has 1 aromatic heterocycles. The van der Waals surface area contributed by atoms with Crippen LogP contribution in [0, 0.1) is 6.57 Å². The molecule has 0 radical (unpaired) electrons. The number of hydrogen-bond donors (Lipinski definition) is 0. The van der Waals surface area contributed by atoms with Crippen LogP contribution in [0.4, 0.5) is 5.82 Å². The topological polar surface area (TPSA) is 31.0 Å². The molecule has 1 aromatic rings. The van der Waals surface area contributed by atoms with Gasteiger partial charge in [0.2, 0.25) is 5.82 Å². The van der Waals surface area contributed by atoms with Crippen LogP contribution in [0.2, 0.25) is 0 Å². The Morgan fingerprint density at radius 3 is 2.41 bits per heavy atom. The molecule has 0 atom stereocenters. The first-order chi connectivity index (χ1) is 8.22. The molecule has 0 amide bonds. The third-order valence-electron chi connectivity index (χ3n) is 2.97. The molecule has 0 aromatic carbocycles. The Morgan fingerprint density at radius 1 is 1.24 bits per heavy atom. The van der Waals surface area contributed by atoms with Crippen LogP contribution >= 0.6 is 0 Å². The summed E-state index contributed by atoms with van der Waals surface area (Å²) in [5, 5.41) is 0. The third-order valence-corrected chi connectivity index (χ3v) is 2.97. The summed E-state index contributed by atoms with van der Waals surface area (Å²) in [6.45, 7) is 10.1. The van der Waals surface area contributed by atoms with Gasteiger partial charge >= 0.3 is 7.12 Å². The standard InChI is InChI=1S/C11H16BN3O2/c1-13-11-5-4-10(15(11)3)12-16-8-6-14(2)7-9-17-12/h4-5H,6-9H2,2-3H3. The second kappa shape index (κ2) is 5.36. The maximum Gasteiger partial charge on any atom is 0.534 e. The molecule has 1 aliphatic rings. The van der Waals surface area contributed by atoms with Gasteiger partial charge in [-0.1, -0.05) is 6.57 Å². The average molecular weight is 233 g/mol. The van der Waals surface area contributed by atoms with E-state index in [1.807, 2.05) is 24.7 Å². The monoisotopic (exact) mass is 233 g/mol. The molecule has 1 fully saturated rings. The lowest BCUT2D eigenvalue weighted by Gasteiger charge is -2.23. The average Bonchev–Trinajstić information content (AvgIpc) is 2.65. The lowest BCUT2D eigenvalue weighted by atomic mass is 9.84. The Labute approximate surface area is 102 Å². The molecule has 0 saturated carbocycles. The lowest BCUT2D eigenvalue weighted by Crippen LogP contribution is -2.45. The minimum absolute atomic E-state index is 0.357. The maximum absolute atomic E-state index is 7.03. The minimum atomic E-state index is -0.357. The largest absolute Gasteiger partial charge is 0.534 e. The molecule has 6 heteroatoms. The normalized spacial score (nSPS) is 18.5. The van der Waals surface area contributed by atoms with Gasteiger partial charge < -0.3 is 23.6 Å². The number of nitrogens with zero attached hydrogens (tertiary/aromatic N) is 3. The maximum atomic E-state index is 7.03. The number of likely N-dealkylation sites (N-methyl/N-ethyl adjacent to an activating group) is 1. The fraction of sp³-hybridized carbons (Fsp3) is 0.545. The molecule has 0 N–H and O–H groups in total. The van der Waals surface area contributed by atoms with Gasteiger partial charge in [0.05, 0.1) is 7.05 Å². The molecule has 0 bridgehead atoms. The zero-order valence-electron chi connectivity index (χ0n) is 10.2. The Balaban J connectivity index is 2.10. The van der Waals surface area contributed by atoms with Crippen molar-refractivity contribution in [3.8, 4) is 0 Å². The third kappa shape index (κ3) is 2.69. The molecule has 1 saturated heterocycles. The van der Waals surface area contributed by atoms with Gasteiger partial charge in [0, 0.05) is 26.3 Å². The van der Waals surface area contributed by atoms with Gasteiger partial charge in [-0.05, 0) is 19.2 Å². The number of aromatic nitrogens is 1. The van der Waals surface area contributed by atoms with E-state index in [9.17, 15) is 0 Å². The quantitative estimate of drug-likeness (QED) is 0.514. The Morgan fingerprint density at radius 2 is 1.88 bits per heavy atom.